The Morgan fingerprint density at radius 3 is 2.45 bits per heavy atom. The molecule has 0 unspecified atom stereocenters. The monoisotopic (exact) mass is 470 g/mol. The number of hydrogen-bond acceptors (Lipinski definition) is 2. The first-order chi connectivity index (χ1) is 15.9. The number of hydrogen-bond donors (Lipinski definition) is 0. The minimum absolute atomic E-state index is 0.0691. The van der Waals surface area contributed by atoms with Crippen LogP contribution >= 0.6 is 11.6 Å². The molecule has 3 aromatic rings. The van der Waals surface area contributed by atoms with E-state index in [1.54, 1.807) is 31.1 Å². The van der Waals surface area contributed by atoms with Crippen LogP contribution in [0, 0.1) is 5.82 Å². The lowest BCUT2D eigenvalue weighted by Gasteiger charge is -2.34. The van der Waals surface area contributed by atoms with Crippen LogP contribution in [-0.2, 0) is 0 Å². The molecular weight excluding hydrogens is 439 g/mol. The number of urea groups is 1. The van der Waals surface area contributed by atoms with Crippen molar-refractivity contribution < 1.29 is 9.18 Å². The molecule has 2 aromatic carbocycles. The molecule has 0 radical (unpaired) electrons. The molecule has 4 rings (SSSR count). The number of aromatic nitrogens is 1. The summed E-state index contributed by atoms with van der Waals surface area (Å²) in [5.74, 6) is 0.215. The van der Waals surface area contributed by atoms with Crippen LogP contribution in [0.2, 0.25) is 5.02 Å². The third-order valence-corrected chi connectivity index (χ3v) is 6.89. The molecule has 2 amide bonds. The van der Waals surface area contributed by atoms with Crippen LogP contribution in [0.4, 0.5) is 9.18 Å². The molecule has 1 aromatic heterocycles. The Hall–Kier alpha value is -2.57. The Balaban J connectivity index is 1.48. The number of amides is 2. The topological polar surface area (TPSA) is 31.7 Å². The summed E-state index contributed by atoms with van der Waals surface area (Å²) in [4.78, 5) is 18.3. The average molecular weight is 471 g/mol. The van der Waals surface area contributed by atoms with Gasteiger partial charge in [0.15, 0.2) is 0 Å². The van der Waals surface area contributed by atoms with Gasteiger partial charge in [-0.15, -0.1) is 0 Å². The summed E-state index contributed by atoms with van der Waals surface area (Å²) in [7, 11) is 3.60. The highest BCUT2D eigenvalue weighted by molar-refractivity contribution is 6.31. The van der Waals surface area contributed by atoms with E-state index in [0.29, 0.717) is 10.9 Å². The van der Waals surface area contributed by atoms with Gasteiger partial charge in [-0.3, -0.25) is 0 Å². The van der Waals surface area contributed by atoms with Crippen LogP contribution in [0.5, 0.6) is 0 Å². The summed E-state index contributed by atoms with van der Waals surface area (Å²) in [6.07, 6.45) is 4.33. The lowest BCUT2D eigenvalue weighted by atomic mass is 9.89. The molecule has 1 aliphatic rings. The fourth-order valence-electron chi connectivity index (χ4n) is 4.77. The summed E-state index contributed by atoms with van der Waals surface area (Å²) in [6.45, 7) is 6.41. The summed E-state index contributed by atoms with van der Waals surface area (Å²) in [6, 6.07) is 12.7. The second-order valence-corrected chi connectivity index (χ2v) is 9.40. The third kappa shape index (κ3) is 5.17. The van der Waals surface area contributed by atoms with Crippen molar-refractivity contribution in [2.75, 3.05) is 46.8 Å². The Morgan fingerprint density at radius 1 is 1.12 bits per heavy atom. The Kier molecular flexibility index (Phi) is 7.25. The van der Waals surface area contributed by atoms with Crippen LogP contribution in [0.15, 0.2) is 48.7 Å². The van der Waals surface area contributed by atoms with Crippen LogP contribution in [-0.4, -0.2) is 72.1 Å². The molecule has 0 aliphatic carbocycles. The molecule has 0 bridgehead atoms. The minimum atomic E-state index is -0.241. The molecule has 1 saturated heterocycles. The molecule has 2 heterocycles. The summed E-state index contributed by atoms with van der Waals surface area (Å²) < 4.78 is 15.6. The van der Waals surface area contributed by atoms with Gasteiger partial charge >= 0.3 is 6.03 Å². The van der Waals surface area contributed by atoms with E-state index in [4.69, 9.17) is 11.6 Å². The van der Waals surface area contributed by atoms with Crippen LogP contribution in [0.3, 0.4) is 0 Å². The van der Waals surface area contributed by atoms with Gasteiger partial charge in [0.25, 0.3) is 0 Å². The maximum atomic E-state index is 13.5. The van der Waals surface area contributed by atoms with Gasteiger partial charge < -0.3 is 19.3 Å². The minimum Gasteiger partial charge on any atom is -0.331 e. The highest BCUT2D eigenvalue weighted by Crippen LogP contribution is 2.36. The van der Waals surface area contributed by atoms with Gasteiger partial charge in [0.05, 0.1) is 5.52 Å². The number of piperidine rings is 1. The first kappa shape index (κ1) is 23.6. The number of fused-ring (bicyclic) bond motifs is 1. The molecule has 33 heavy (non-hydrogen) atoms. The number of rotatable bonds is 6. The lowest BCUT2D eigenvalue weighted by Crippen LogP contribution is -2.44. The molecule has 0 atom stereocenters. The van der Waals surface area contributed by atoms with Crippen LogP contribution in [0.1, 0.15) is 31.2 Å². The van der Waals surface area contributed by atoms with Gasteiger partial charge in [0, 0.05) is 56.0 Å². The fourth-order valence-corrected chi connectivity index (χ4v) is 4.93. The van der Waals surface area contributed by atoms with E-state index in [1.807, 2.05) is 24.0 Å². The first-order valence-electron chi connectivity index (χ1n) is 11.6. The van der Waals surface area contributed by atoms with Crippen molar-refractivity contribution in [3.05, 3.63) is 65.1 Å². The molecule has 1 aliphatic heterocycles. The van der Waals surface area contributed by atoms with E-state index in [9.17, 15) is 9.18 Å². The zero-order valence-electron chi connectivity index (χ0n) is 19.6. The van der Waals surface area contributed by atoms with Crippen molar-refractivity contribution in [1.29, 1.82) is 0 Å². The van der Waals surface area contributed by atoms with Gasteiger partial charge in [-0.1, -0.05) is 17.7 Å². The second kappa shape index (κ2) is 10.1. The Morgan fingerprint density at radius 2 is 1.82 bits per heavy atom. The number of likely N-dealkylation sites (tertiary alicyclic amines) is 1. The van der Waals surface area contributed by atoms with Crippen molar-refractivity contribution in [2.45, 2.75) is 25.7 Å². The zero-order valence-corrected chi connectivity index (χ0v) is 20.4. The van der Waals surface area contributed by atoms with Crippen LogP contribution in [0.25, 0.3) is 16.6 Å². The third-order valence-electron chi connectivity index (χ3n) is 6.65. The largest absolute Gasteiger partial charge is 0.331 e. The van der Waals surface area contributed by atoms with Gasteiger partial charge in [0.1, 0.15) is 5.82 Å². The number of likely N-dealkylation sites (N-methyl/N-ethyl adjacent to an activating group) is 1. The highest BCUT2D eigenvalue weighted by Gasteiger charge is 2.25. The van der Waals surface area contributed by atoms with E-state index in [0.717, 1.165) is 56.8 Å². The molecule has 0 N–H and O–H groups in total. The predicted octanol–water partition coefficient (Wildman–Crippen LogP) is 5.61. The number of benzene rings is 2. The van der Waals surface area contributed by atoms with Crippen molar-refractivity contribution >= 4 is 28.5 Å². The number of nitrogens with zero attached hydrogens (tertiary/aromatic N) is 4. The Bertz CT molecular complexity index is 1100. The van der Waals surface area contributed by atoms with Crippen molar-refractivity contribution in [3.63, 3.8) is 0 Å². The lowest BCUT2D eigenvalue weighted by molar-refractivity contribution is 0.153. The molecule has 0 spiro atoms. The first-order valence-corrected chi connectivity index (χ1v) is 12.0. The maximum absolute atomic E-state index is 13.5. The van der Waals surface area contributed by atoms with Crippen molar-refractivity contribution in [2.24, 2.45) is 0 Å². The van der Waals surface area contributed by atoms with Gasteiger partial charge in [-0.25, -0.2) is 9.18 Å². The maximum Gasteiger partial charge on any atom is 0.319 e. The summed E-state index contributed by atoms with van der Waals surface area (Å²) >= 11 is 6.32. The smallest absolute Gasteiger partial charge is 0.319 e. The molecule has 176 valence electrons. The number of carbonyl (C=O) groups is 1. The molecular formula is C26H32ClFN4O. The SMILES string of the molecule is CCN(CCN1CCC(c2cn(-c3ccc(F)cc3)c3cc(Cl)ccc23)CC1)C(=O)N(C)C. The van der Waals surface area contributed by atoms with E-state index >= 15 is 0 Å². The summed E-state index contributed by atoms with van der Waals surface area (Å²) in [5.41, 5.74) is 3.30. The van der Waals surface area contributed by atoms with Crippen molar-refractivity contribution in [3.8, 4) is 5.69 Å². The molecule has 0 saturated carbocycles. The number of carbonyl (C=O) groups excluding carboxylic acids is 1. The van der Waals surface area contributed by atoms with Gasteiger partial charge in [-0.05, 0) is 80.7 Å². The zero-order chi connectivity index (χ0) is 23.5. The second-order valence-electron chi connectivity index (χ2n) is 8.96. The Labute approximate surface area is 200 Å². The van der Waals surface area contributed by atoms with E-state index in [2.05, 4.69) is 21.7 Å². The summed E-state index contributed by atoms with van der Waals surface area (Å²) in [5, 5.41) is 1.90. The quantitative estimate of drug-likeness (QED) is 0.469. The van der Waals surface area contributed by atoms with E-state index in [-0.39, 0.29) is 11.8 Å². The van der Waals surface area contributed by atoms with E-state index in [1.165, 1.54) is 23.1 Å². The van der Waals surface area contributed by atoms with E-state index < -0.39 is 0 Å². The van der Waals surface area contributed by atoms with Gasteiger partial charge in [0.2, 0.25) is 0 Å². The fraction of sp³-hybridized carbons (Fsp3) is 0.423. The highest BCUT2D eigenvalue weighted by atomic mass is 35.5. The predicted molar refractivity (Wildman–Crippen MR) is 133 cm³/mol. The average Bonchev–Trinajstić information content (AvgIpc) is 3.18. The molecule has 1 fully saturated rings. The van der Waals surface area contributed by atoms with Crippen LogP contribution < -0.4 is 0 Å². The molecule has 7 heteroatoms. The van der Waals surface area contributed by atoms with Gasteiger partial charge in [-0.2, -0.15) is 0 Å². The number of halogens is 2. The normalized spacial score (nSPS) is 15.2. The standard InChI is InChI=1S/C26H32ClFN4O/c1-4-31(26(33)29(2)3)16-15-30-13-11-19(12-14-30)24-18-32(22-8-6-21(28)7-9-22)25-17-20(27)5-10-23(24)25/h5-10,17-19H,4,11-16H2,1-3H3. The molecule has 5 nitrogen and oxygen atoms in total. The van der Waals surface area contributed by atoms with Crippen molar-refractivity contribution in [1.82, 2.24) is 19.3 Å².